The largest absolute Gasteiger partial charge is 0.488 e. The average Bonchev–Trinajstić information content (AvgIpc) is 3.43. The van der Waals surface area contributed by atoms with Crippen molar-refractivity contribution >= 4 is 33.2 Å². The van der Waals surface area contributed by atoms with Gasteiger partial charge in [-0.15, -0.1) is 0 Å². The number of hydrogen-bond donors (Lipinski definition) is 2. The van der Waals surface area contributed by atoms with Crippen LogP contribution in [0.1, 0.15) is 29.8 Å². The fourth-order valence-corrected chi connectivity index (χ4v) is 6.23. The van der Waals surface area contributed by atoms with Crippen LogP contribution < -0.4 is 18.9 Å². The van der Waals surface area contributed by atoms with Crippen LogP contribution in [0, 0.1) is 5.92 Å². The maximum Gasteiger partial charge on any atom is 0.261 e. The first kappa shape index (κ1) is 30.0. The van der Waals surface area contributed by atoms with Gasteiger partial charge in [0.1, 0.15) is 11.9 Å². The molecule has 0 spiro atoms. The highest BCUT2D eigenvalue weighted by Gasteiger charge is 2.34. The number of nitrogens with zero attached hydrogens (tertiary/aromatic N) is 2. The summed E-state index contributed by atoms with van der Waals surface area (Å²) in [5.74, 6) is 1.38. The third kappa shape index (κ3) is 6.59. The molecule has 0 saturated carbocycles. The zero-order valence-corrected chi connectivity index (χ0v) is 25.2. The fourth-order valence-electron chi connectivity index (χ4n) is 5.05. The van der Waals surface area contributed by atoms with Crippen molar-refractivity contribution in [3.8, 4) is 17.2 Å². The number of nitrogens with one attached hydrogen (secondary N) is 1. The summed E-state index contributed by atoms with van der Waals surface area (Å²) in [4.78, 5) is 17.5. The quantitative estimate of drug-likeness (QED) is 0.367. The topological polar surface area (TPSA) is 118 Å². The van der Waals surface area contributed by atoms with Gasteiger partial charge < -0.3 is 24.2 Å². The van der Waals surface area contributed by atoms with Gasteiger partial charge in [-0.1, -0.05) is 24.6 Å². The minimum absolute atomic E-state index is 0.0381. The Morgan fingerprint density at radius 3 is 2.52 bits per heavy atom. The van der Waals surface area contributed by atoms with E-state index >= 15 is 0 Å². The summed E-state index contributed by atoms with van der Waals surface area (Å²) in [6.45, 7) is 5.33. The summed E-state index contributed by atoms with van der Waals surface area (Å²) in [6, 6.07) is 15.9. The highest BCUT2D eigenvalue weighted by Crippen LogP contribution is 2.34. The number of rotatable bonds is 9. The molecule has 2 heterocycles. The molecule has 10 nitrogen and oxygen atoms in total. The second-order valence-corrected chi connectivity index (χ2v) is 12.9. The van der Waals surface area contributed by atoms with Crippen molar-refractivity contribution in [1.29, 1.82) is 0 Å². The van der Waals surface area contributed by atoms with Crippen LogP contribution in [-0.4, -0.2) is 74.9 Å². The van der Waals surface area contributed by atoms with E-state index in [1.165, 1.54) is 30.3 Å². The minimum Gasteiger partial charge on any atom is -0.488 e. The third-order valence-electron chi connectivity index (χ3n) is 7.42. The number of fused-ring (bicyclic) bond motifs is 2. The Morgan fingerprint density at radius 2 is 1.79 bits per heavy atom. The summed E-state index contributed by atoms with van der Waals surface area (Å²) < 4.78 is 45.9. The number of hydrogen-bond acceptors (Lipinski definition) is 8. The normalized spacial score (nSPS) is 19.1. The highest BCUT2D eigenvalue weighted by atomic mass is 35.5. The second kappa shape index (κ2) is 12.4. The Kier molecular flexibility index (Phi) is 8.84. The van der Waals surface area contributed by atoms with Crippen LogP contribution in [-0.2, 0) is 16.6 Å². The van der Waals surface area contributed by atoms with Crippen molar-refractivity contribution in [2.75, 3.05) is 38.3 Å². The van der Waals surface area contributed by atoms with Crippen LogP contribution >= 0.6 is 11.6 Å². The number of aliphatic hydroxyl groups is 1. The molecule has 5 rings (SSSR count). The number of aliphatic hydroxyl groups excluding tert-OH is 1. The average molecular weight is 616 g/mol. The zero-order valence-electron chi connectivity index (χ0n) is 23.6. The van der Waals surface area contributed by atoms with Crippen molar-refractivity contribution in [1.82, 2.24) is 9.80 Å². The smallest absolute Gasteiger partial charge is 0.261 e. The van der Waals surface area contributed by atoms with Gasteiger partial charge >= 0.3 is 0 Å². The van der Waals surface area contributed by atoms with Crippen molar-refractivity contribution in [3.05, 3.63) is 76.8 Å². The maximum atomic E-state index is 13.7. The van der Waals surface area contributed by atoms with Crippen LogP contribution in [0.15, 0.2) is 65.6 Å². The Labute approximate surface area is 250 Å². The molecule has 0 aliphatic carbocycles. The number of amides is 1. The molecule has 0 aromatic heterocycles. The summed E-state index contributed by atoms with van der Waals surface area (Å²) in [5.41, 5.74) is 1.48. The Hall–Kier alpha value is -3.51. The third-order valence-corrected chi connectivity index (χ3v) is 9.07. The van der Waals surface area contributed by atoms with Crippen LogP contribution in [0.3, 0.4) is 0 Å². The molecule has 0 radical (unpaired) electrons. The van der Waals surface area contributed by atoms with E-state index < -0.39 is 16.1 Å². The predicted molar refractivity (Wildman–Crippen MR) is 159 cm³/mol. The lowest BCUT2D eigenvalue weighted by Crippen LogP contribution is -2.49. The molecule has 1 amide bonds. The number of anilines is 1. The molecular weight excluding hydrogens is 582 g/mol. The Bertz CT molecular complexity index is 1550. The van der Waals surface area contributed by atoms with Crippen LogP contribution in [0.25, 0.3) is 0 Å². The van der Waals surface area contributed by atoms with Gasteiger partial charge in [0.15, 0.2) is 11.5 Å². The first-order valence-electron chi connectivity index (χ1n) is 13.6. The van der Waals surface area contributed by atoms with Crippen LogP contribution in [0.5, 0.6) is 17.2 Å². The van der Waals surface area contributed by atoms with Crippen molar-refractivity contribution < 1.29 is 32.5 Å². The Morgan fingerprint density at radius 1 is 1.07 bits per heavy atom. The van der Waals surface area contributed by atoms with Gasteiger partial charge in [-0.25, -0.2) is 8.42 Å². The van der Waals surface area contributed by atoms with E-state index in [4.69, 9.17) is 25.8 Å². The molecule has 3 atom stereocenters. The van der Waals surface area contributed by atoms with Gasteiger partial charge in [-0.3, -0.25) is 14.4 Å². The monoisotopic (exact) mass is 615 g/mol. The van der Waals surface area contributed by atoms with Crippen LogP contribution in [0.2, 0.25) is 5.02 Å². The number of ether oxygens (including phenoxy) is 3. The van der Waals surface area contributed by atoms with E-state index in [-0.39, 0.29) is 47.5 Å². The molecule has 3 aromatic carbocycles. The predicted octanol–water partition coefficient (Wildman–Crippen LogP) is 4.22. The van der Waals surface area contributed by atoms with Gasteiger partial charge in [0, 0.05) is 36.3 Å². The minimum atomic E-state index is -3.93. The van der Waals surface area contributed by atoms with Crippen molar-refractivity contribution in [2.24, 2.45) is 5.92 Å². The lowest BCUT2D eigenvalue weighted by Gasteiger charge is -2.38. The molecule has 3 aromatic rings. The van der Waals surface area contributed by atoms with Gasteiger partial charge in [0.25, 0.3) is 15.9 Å². The summed E-state index contributed by atoms with van der Waals surface area (Å²) >= 11 is 5.91. The highest BCUT2D eigenvalue weighted by molar-refractivity contribution is 7.92. The van der Waals surface area contributed by atoms with Crippen molar-refractivity contribution in [2.45, 2.75) is 37.4 Å². The van der Waals surface area contributed by atoms with E-state index in [9.17, 15) is 18.3 Å². The van der Waals surface area contributed by atoms with Crippen LogP contribution in [0.4, 0.5) is 5.69 Å². The number of benzene rings is 3. The summed E-state index contributed by atoms with van der Waals surface area (Å²) in [7, 11) is -1.94. The van der Waals surface area contributed by atoms with E-state index in [0.29, 0.717) is 30.4 Å². The molecule has 2 aliphatic heterocycles. The molecule has 0 bridgehead atoms. The Balaban J connectivity index is 1.40. The first-order valence-corrected chi connectivity index (χ1v) is 15.5. The van der Waals surface area contributed by atoms with Gasteiger partial charge in [-0.05, 0) is 74.1 Å². The van der Waals surface area contributed by atoms with E-state index in [2.05, 4.69) is 9.62 Å². The van der Waals surface area contributed by atoms with Crippen molar-refractivity contribution in [3.63, 3.8) is 0 Å². The molecule has 12 heteroatoms. The van der Waals surface area contributed by atoms with Gasteiger partial charge in [-0.2, -0.15) is 0 Å². The lowest BCUT2D eigenvalue weighted by atomic mass is 9.99. The molecule has 2 aliphatic rings. The van der Waals surface area contributed by atoms with Gasteiger partial charge in [0.05, 0.1) is 23.1 Å². The van der Waals surface area contributed by atoms with Gasteiger partial charge in [0.2, 0.25) is 6.79 Å². The van der Waals surface area contributed by atoms with E-state index in [1.54, 1.807) is 24.0 Å². The summed E-state index contributed by atoms with van der Waals surface area (Å²) in [6.07, 6.45) is -0.305. The molecule has 0 fully saturated rings. The molecule has 2 N–H and O–H groups in total. The summed E-state index contributed by atoms with van der Waals surface area (Å²) in [5, 5.41) is 10.4. The van der Waals surface area contributed by atoms with E-state index in [1.807, 2.05) is 32.2 Å². The number of carbonyl (C=O) groups is 1. The lowest BCUT2D eigenvalue weighted by molar-refractivity contribution is 0.0341. The zero-order chi connectivity index (χ0) is 30.0. The molecule has 0 saturated heterocycles. The number of carbonyl (C=O) groups excluding carboxylic acids is 1. The standard InChI is InChI=1S/C30H34ClN3O7S/c1-19-14-34(20(2)17-35)30(36)25-13-23(32-42(37,38)24-8-5-22(31)6-9-24)7-11-26(25)41-29(19)16-33(3)15-21-4-10-27-28(12-21)40-18-39-27/h4-13,19-20,29,32,35H,14-18H2,1-3H3/t19-,20-,29-/m1/s1. The molecule has 42 heavy (non-hydrogen) atoms. The fraction of sp³-hybridized carbons (Fsp3) is 0.367. The number of halogens is 1. The molecule has 224 valence electrons. The number of likely N-dealkylation sites (N-methyl/N-ethyl adjacent to an activating group) is 1. The molecule has 0 unspecified atom stereocenters. The second-order valence-electron chi connectivity index (χ2n) is 10.8. The number of sulfonamides is 1. The molecular formula is C30H34ClN3O7S. The maximum absolute atomic E-state index is 13.7. The van der Waals surface area contributed by atoms with E-state index in [0.717, 1.165) is 17.1 Å². The first-order chi connectivity index (χ1) is 20.0. The SMILES string of the molecule is C[C@@H]1CN([C@H](C)CO)C(=O)c2cc(NS(=O)(=O)c3ccc(Cl)cc3)ccc2O[C@@H]1CN(C)Cc1ccc2c(c1)OCO2.